The van der Waals surface area contributed by atoms with Crippen molar-refractivity contribution in [3.63, 3.8) is 0 Å². The normalized spacial score (nSPS) is 15.1. The first-order valence-corrected chi connectivity index (χ1v) is 8.13. The minimum absolute atomic E-state index is 0.0663. The number of primary amides is 1. The van der Waals surface area contributed by atoms with E-state index in [0.717, 1.165) is 12.8 Å². The lowest BCUT2D eigenvalue weighted by Gasteiger charge is -2.12. The van der Waals surface area contributed by atoms with E-state index in [0.29, 0.717) is 18.1 Å². The molecule has 0 aliphatic heterocycles. The van der Waals surface area contributed by atoms with E-state index in [2.05, 4.69) is 9.72 Å². The Balaban J connectivity index is 1.95. The van der Waals surface area contributed by atoms with Crippen LogP contribution < -0.4 is 20.9 Å². The van der Waals surface area contributed by atoms with Gasteiger partial charge in [-0.25, -0.2) is 4.98 Å². The summed E-state index contributed by atoms with van der Waals surface area (Å²) in [4.78, 5) is 15.6. The van der Waals surface area contributed by atoms with Gasteiger partial charge in [-0.2, -0.15) is 8.78 Å². The Morgan fingerprint density at radius 3 is 2.65 bits per heavy atom. The number of halogens is 2. The molecule has 0 bridgehead atoms. The van der Waals surface area contributed by atoms with E-state index >= 15 is 0 Å². The van der Waals surface area contributed by atoms with Crippen molar-refractivity contribution in [2.24, 2.45) is 17.4 Å². The third-order valence-corrected chi connectivity index (χ3v) is 3.88. The number of alkyl halides is 2. The van der Waals surface area contributed by atoms with Gasteiger partial charge in [-0.3, -0.25) is 4.79 Å². The van der Waals surface area contributed by atoms with E-state index in [-0.39, 0.29) is 28.8 Å². The molecule has 1 aliphatic carbocycles. The van der Waals surface area contributed by atoms with Gasteiger partial charge in [0.15, 0.2) is 23.0 Å². The Labute approximate surface area is 148 Å². The number of carbonyl (C=O) groups is 1. The number of hydrogen-bond acceptors (Lipinski definition) is 6. The van der Waals surface area contributed by atoms with Crippen molar-refractivity contribution in [1.29, 1.82) is 0 Å². The molecular weight excluding hydrogens is 348 g/mol. The highest BCUT2D eigenvalue weighted by atomic mass is 19.3. The third kappa shape index (κ3) is 4.10. The van der Waals surface area contributed by atoms with Crippen LogP contribution in [0.4, 0.5) is 8.78 Å². The van der Waals surface area contributed by atoms with E-state index in [1.165, 1.54) is 18.2 Å². The highest BCUT2D eigenvalue weighted by molar-refractivity contribution is 5.92. The molecule has 3 rings (SSSR count). The number of amides is 1. The number of oxazole rings is 1. The van der Waals surface area contributed by atoms with Crippen molar-refractivity contribution in [3.8, 4) is 23.0 Å². The molecule has 1 aromatic carbocycles. The number of rotatable bonds is 8. The Morgan fingerprint density at radius 1 is 1.38 bits per heavy atom. The molecule has 1 fully saturated rings. The second kappa shape index (κ2) is 7.28. The van der Waals surface area contributed by atoms with E-state index in [9.17, 15) is 13.6 Å². The standard InChI is InChI=1S/C17H19F2N3O4/c1-8(20)14-13(15(21)23)22-16(26-14)10-4-5-11(25-17(18)19)12(6-10)24-7-9-2-3-9/h4-6,8-9,17H,2-3,7,20H2,1H3,(H2,21,23)/t8-/m0/s1. The molecule has 1 aromatic heterocycles. The van der Waals surface area contributed by atoms with Crippen LogP contribution in [0.2, 0.25) is 0 Å². The van der Waals surface area contributed by atoms with Gasteiger partial charge in [0, 0.05) is 5.56 Å². The number of hydrogen-bond donors (Lipinski definition) is 2. The zero-order valence-electron chi connectivity index (χ0n) is 14.1. The minimum atomic E-state index is -2.97. The zero-order valence-corrected chi connectivity index (χ0v) is 14.1. The van der Waals surface area contributed by atoms with Gasteiger partial charge in [-0.05, 0) is 43.9 Å². The Morgan fingerprint density at radius 2 is 2.12 bits per heavy atom. The van der Waals surface area contributed by atoms with Gasteiger partial charge in [-0.15, -0.1) is 0 Å². The summed E-state index contributed by atoms with van der Waals surface area (Å²) in [5, 5.41) is 0. The fourth-order valence-corrected chi connectivity index (χ4v) is 2.38. The van der Waals surface area contributed by atoms with Crippen molar-refractivity contribution < 1.29 is 27.5 Å². The molecule has 1 heterocycles. The van der Waals surface area contributed by atoms with Crippen molar-refractivity contribution >= 4 is 5.91 Å². The maximum Gasteiger partial charge on any atom is 0.387 e. The van der Waals surface area contributed by atoms with Gasteiger partial charge in [0.2, 0.25) is 5.89 Å². The molecule has 0 radical (unpaired) electrons. The number of carbonyl (C=O) groups excluding carboxylic acids is 1. The van der Waals surface area contributed by atoms with Crippen LogP contribution >= 0.6 is 0 Å². The second-order valence-corrected chi connectivity index (χ2v) is 6.18. The van der Waals surface area contributed by atoms with E-state index in [1.54, 1.807) is 6.92 Å². The zero-order chi connectivity index (χ0) is 18.8. The highest BCUT2D eigenvalue weighted by Crippen LogP contribution is 2.37. The Kier molecular flexibility index (Phi) is 5.08. The number of nitrogens with zero attached hydrogens (tertiary/aromatic N) is 1. The molecule has 26 heavy (non-hydrogen) atoms. The summed E-state index contributed by atoms with van der Waals surface area (Å²) in [5.74, 6) is -0.0395. The third-order valence-electron chi connectivity index (χ3n) is 3.88. The smallest absolute Gasteiger partial charge is 0.387 e. The second-order valence-electron chi connectivity index (χ2n) is 6.18. The summed E-state index contributed by atoms with van der Waals surface area (Å²) >= 11 is 0. The van der Waals surface area contributed by atoms with Crippen LogP contribution in [-0.2, 0) is 0 Å². The molecule has 2 aromatic rings. The largest absolute Gasteiger partial charge is 0.489 e. The molecule has 9 heteroatoms. The van der Waals surface area contributed by atoms with Crippen LogP contribution in [0.5, 0.6) is 11.5 Å². The predicted octanol–water partition coefficient (Wildman–Crippen LogP) is 2.85. The molecule has 1 amide bonds. The first-order valence-electron chi connectivity index (χ1n) is 8.13. The molecule has 0 spiro atoms. The average Bonchev–Trinajstić information content (AvgIpc) is 3.28. The molecule has 0 unspecified atom stereocenters. The number of benzene rings is 1. The molecule has 4 N–H and O–H groups in total. The van der Waals surface area contributed by atoms with Gasteiger partial charge in [0.1, 0.15) is 0 Å². The molecule has 1 aliphatic rings. The number of nitrogens with two attached hydrogens (primary N) is 2. The first-order chi connectivity index (χ1) is 12.3. The van der Waals surface area contributed by atoms with E-state index in [1.807, 2.05) is 0 Å². The maximum atomic E-state index is 12.6. The van der Waals surface area contributed by atoms with Crippen LogP contribution in [0.15, 0.2) is 22.6 Å². The summed E-state index contributed by atoms with van der Waals surface area (Å²) in [6.45, 7) is -0.941. The monoisotopic (exact) mass is 367 g/mol. The lowest BCUT2D eigenvalue weighted by molar-refractivity contribution is -0.0515. The SMILES string of the molecule is C[C@H](N)c1oc(-c2ccc(OC(F)F)c(OCC3CC3)c2)nc1C(N)=O. The summed E-state index contributed by atoms with van der Waals surface area (Å²) in [7, 11) is 0. The fraction of sp³-hybridized carbons (Fsp3) is 0.412. The van der Waals surface area contributed by atoms with Crippen LogP contribution in [0.3, 0.4) is 0 Å². The van der Waals surface area contributed by atoms with Crippen LogP contribution in [-0.4, -0.2) is 24.1 Å². The highest BCUT2D eigenvalue weighted by Gasteiger charge is 2.25. The van der Waals surface area contributed by atoms with Gasteiger partial charge in [0.05, 0.1) is 12.6 Å². The molecule has 140 valence electrons. The maximum absolute atomic E-state index is 12.6. The quantitative estimate of drug-likeness (QED) is 0.742. The lowest BCUT2D eigenvalue weighted by atomic mass is 10.2. The van der Waals surface area contributed by atoms with Gasteiger partial charge in [-0.1, -0.05) is 0 Å². The summed E-state index contributed by atoms with van der Waals surface area (Å²) < 4.78 is 40.8. The van der Waals surface area contributed by atoms with Gasteiger partial charge >= 0.3 is 6.61 Å². The minimum Gasteiger partial charge on any atom is -0.489 e. The van der Waals surface area contributed by atoms with Crippen molar-refractivity contribution in [2.45, 2.75) is 32.4 Å². The van der Waals surface area contributed by atoms with Crippen LogP contribution in [0, 0.1) is 5.92 Å². The van der Waals surface area contributed by atoms with Crippen LogP contribution in [0.1, 0.15) is 42.1 Å². The number of aromatic nitrogens is 1. The molecule has 1 saturated carbocycles. The average molecular weight is 367 g/mol. The summed E-state index contributed by atoms with van der Waals surface area (Å²) in [6, 6.07) is 3.69. The van der Waals surface area contributed by atoms with Crippen LogP contribution in [0.25, 0.3) is 11.5 Å². The first kappa shape index (κ1) is 18.1. The van der Waals surface area contributed by atoms with Crippen molar-refractivity contribution in [3.05, 3.63) is 29.7 Å². The Bertz CT molecular complexity index is 803. The predicted molar refractivity (Wildman–Crippen MR) is 87.9 cm³/mol. The van der Waals surface area contributed by atoms with Crippen molar-refractivity contribution in [1.82, 2.24) is 4.98 Å². The van der Waals surface area contributed by atoms with E-state index < -0.39 is 18.6 Å². The molecule has 0 saturated heterocycles. The molecular formula is C17H19F2N3O4. The molecule has 7 nitrogen and oxygen atoms in total. The fourth-order valence-electron chi connectivity index (χ4n) is 2.38. The van der Waals surface area contributed by atoms with Gasteiger partial charge < -0.3 is 25.4 Å². The summed E-state index contributed by atoms with van der Waals surface area (Å²) in [6.07, 6.45) is 2.09. The van der Waals surface area contributed by atoms with Gasteiger partial charge in [0.25, 0.3) is 5.91 Å². The van der Waals surface area contributed by atoms with E-state index in [4.69, 9.17) is 20.6 Å². The topological polar surface area (TPSA) is 114 Å². The number of ether oxygens (including phenoxy) is 2. The molecule has 1 atom stereocenters. The van der Waals surface area contributed by atoms with Crippen molar-refractivity contribution in [2.75, 3.05) is 6.61 Å². The summed E-state index contributed by atoms with van der Waals surface area (Å²) in [5.41, 5.74) is 11.4. The Hall–Kier alpha value is -2.68. The lowest BCUT2D eigenvalue weighted by Crippen LogP contribution is -2.16.